The first kappa shape index (κ1) is 16.3. The Labute approximate surface area is 130 Å². The van der Waals surface area contributed by atoms with E-state index in [0.29, 0.717) is 0 Å². The second-order valence-corrected chi connectivity index (χ2v) is 5.66. The number of rotatable bonds is 5. The van der Waals surface area contributed by atoms with Crippen LogP contribution in [-0.2, 0) is 4.79 Å². The predicted molar refractivity (Wildman–Crippen MR) is 83.0 cm³/mol. The van der Waals surface area contributed by atoms with Gasteiger partial charge in [0.1, 0.15) is 0 Å². The first-order valence-corrected chi connectivity index (χ1v) is 7.70. The SMILES string of the molecule is CCC1CCCCN1C(=O)COc1ccc(C)cc1[N+](=O)[O-]. The van der Waals surface area contributed by atoms with Crippen LogP contribution in [0.5, 0.6) is 5.75 Å². The van der Waals surface area contributed by atoms with Crippen LogP contribution in [0.3, 0.4) is 0 Å². The van der Waals surface area contributed by atoms with Gasteiger partial charge in [0, 0.05) is 18.7 Å². The van der Waals surface area contributed by atoms with Crippen LogP contribution >= 0.6 is 0 Å². The van der Waals surface area contributed by atoms with Crippen molar-refractivity contribution in [3.63, 3.8) is 0 Å². The molecule has 1 amide bonds. The van der Waals surface area contributed by atoms with E-state index < -0.39 is 4.92 Å². The predicted octanol–water partition coefficient (Wildman–Crippen LogP) is 3.07. The van der Waals surface area contributed by atoms with E-state index in [1.165, 1.54) is 6.07 Å². The monoisotopic (exact) mass is 306 g/mol. The highest BCUT2D eigenvalue weighted by molar-refractivity contribution is 5.78. The second kappa shape index (κ2) is 7.24. The van der Waals surface area contributed by atoms with Gasteiger partial charge < -0.3 is 9.64 Å². The molecule has 0 saturated carbocycles. The summed E-state index contributed by atoms with van der Waals surface area (Å²) in [6.45, 7) is 4.44. The third-order valence-electron chi connectivity index (χ3n) is 4.08. The van der Waals surface area contributed by atoms with Gasteiger partial charge in [-0.2, -0.15) is 0 Å². The van der Waals surface area contributed by atoms with E-state index in [9.17, 15) is 14.9 Å². The summed E-state index contributed by atoms with van der Waals surface area (Å²) in [6.07, 6.45) is 4.10. The number of nitro groups is 1. The highest BCUT2D eigenvalue weighted by atomic mass is 16.6. The van der Waals surface area contributed by atoms with Crippen LogP contribution in [0.4, 0.5) is 5.69 Å². The molecular formula is C16H22N2O4. The molecule has 2 rings (SSSR count). The highest BCUT2D eigenvalue weighted by Crippen LogP contribution is 2.28. The number of nitrogens with zero attached hydrogens (tertiary/aromatic N) is 2. The summed E-state index contributed by atoms with van der Waals surface area (Å²) in [6, 6.07) is 5.00. The number of nitro benzene ring substituents is 1. The van der Waals surface area contributed by atoms with Crippen molar-refractivity contribution in [1.29, 1.82) is 0 Å². The third kappa shape index (κ3) is 3.75. The molecule has 0 N–H and O–H groups in total. The number of hydrogen-bond donors (Lipinski definition) is 0. The van der Waals surface area contributed by atoms with Crippen molar-refractivity contribution >= 4 is 11.6 Å². The van der Waals surface area contributed by atoms with E-state index in [1.54, 1.807) is 19.1 Å². The van der Waals surface area contributed by atoms with Crippen molar-refractivity contribution < 1.29 is 14.5 Å². The van der Waals surface area contributed by atoms with Crippen molar-refractivity contribution in [3.05, 3.63) is 33.9 Å². The molecule has 1 fully saturated rings. The molecule has 0 spiro atoms. The lowest BCUT2D eigenvalue weighted by molar-refractivity contribution is -0.385. The topological polar surface area (TPSA) is 72.7 Å². The Bertz CT molecular complexity index is 559. The summed E-state index contributed by atoms with van der Waals surface area (Å²) in [5.41, 5.74) is 0.686. The van der Waals surface area contributed by atoms with Gasteiger partial charge in [-0.1, -0.05) is 13.0 Å². The number of benzene rings is 1. The molecule has 0 aliphatic carbocycles. The van der Waals surface area contributed by atoms with Gasteiger partial charge in [0.05, 0.1) is 4.92 Å². The Morgan fingerprint density at radius 3 is 2.91 bits per heavy atom. The average Bonchev–Trinajstić information content (AvgIpc) is 2.53. The van der Waals surface area contributed by atoms with E-state index in [1.807, 2.05) is 4.90 Å². The van der Waals surface area contributed by atoms with Crippen LogP contribution < -0.4 is 4.74 Å². The fraction of sp³-hybridized carbons (Fsp3) is 0.562. The number of aryl methyl sites for hydroxylation is 1. The van der Waals surface area contributed by atoms with E-state index in [4.69, 9.17) is 4.74 Å². The van der Waals surface area contributed by atoms with Gasteiger partial charge in [-0.05, 0) is 44.2 Å². The first-order chi connectivity index (χ1) is 10.5. The Morgan fingerprint density at radius 1 is 1.45 bits per heavy atom. The molecule has 1 aromatic rings. The summed E-state index contributed by atoms with van der Waals surface area (Å²) in [5, 5.41) is 11.0. The normalized spacial score (nSPS) is 18.1. The number of carbonyl (C=O) groups excluding carboxylic acids is 1. The van der Waals surface area contributed by atoms with Gasteiger partial charge in [-0.3, -0.25) is 14.9 Å². The van der Waals surface area contributed by atoms with E-state index in [-0.39, 0.29) is 30.0 Å². The molecule has 0 aromatic heterocycles. The quantitative estimate of drug-likeness (QED) is 0.619. The molecule has 1 unspecified atom stereocenters. The van der Waals surface area contributed by atoms with Crippen LogP contribution in [0.1, 0.15) is 38.2 Å². The summed E-state index contributed by atoms with van der Waals surface area (Å²) in [5.74, 6) is 0.0513. The lowest BCUT2D eigenvalue weighted by atomic mass is 10.00. The standard InChI is InChI=1S/C16H22N2O4/c1-3-13-6-4-5-9-17(13)16(19)11-22-15-8-7-12(2)10-14(15)18(20)21/h7-8,10,13H,3-6,9,11H2,1-2H3. The summed E-state index contributed by atoms with van der Waals surface area (Å²) in [4.78, 5) is 24.7. The van der Waals surface area contributed by atoms with Gasteiger partial charge in [-0.25, -0.2) is 0 Å². The van der Waals surface area contributed by atoms with Crippen molar-refractivity contribution in [2.75, 3.05) is 13.2 Å². The fourth-order valence-electron chi connectivity index (χ4n) is 2.87. The molecule has 1 aliphatic rings. The molecule has 1 saturated heterocycles. The first-order valence-electron chi connectivity index (χ1n) is 7.70. The number of piperidine rings is 1. The van der Waals surface area contributed by atoms with Crippen molar-refractivity contribution in [2.45, 2.75) is 45.6 Å². The molecule has 1 heterocycles. The lowest BCUT2D eigenvalue weighted by Crippen LogP contribution is -2.45. The van der Waals surface area contributed by atoms with Crippen LogP contribution in [0.2, 0.25) is 0 Å². The molecule has 1 atom stereocenters. The molecular weight excluding hydrogens is 284 g/mol. The van der Waals surface area contributed by atoms with Crippen molar-refractivity contribution in [2.24, 2.45) is 0 Å². The van der Waals surface area contributed by atoms with Crippen molar-refractivity contribution in [1.82, 2.24) is 4.90 Å². The number of likely N-dealkylation sites (tertiary alicyclic amines) is 1. The third-order valence-corrected chi connectivity index (χ3v) is 4.08. The lowest BCUT2D eigenvalue weighted by Gasteiger charge is -2.35. The minimum Gasteiger partial charge on any atom is -0.477 e. The Hall–Kier alpha value is -2.11. The molecule has 6 nitrogen and oxygen atoms in total. The van der Waals surface area contributed by atoms with Gasteiger partial charge in [0.15, 0.2) is 12.4 Å². The van der Waals surface area contributed by atoms with Gasteiger partial charge >= 0.3 is 5.69 Å². The van der Waals surface area contributed by atoms with Crippen LogP contribution in [-0.4, -0.2) is 34.9 Å². The smallest absolute Gasteiger partial charge is 0.311 e. The minimum atomic E-state index is -0.484. The van der Waals surface area contributed by atoms with Crippen molar-refractivity contribution in [3.8, 4) is 5.75 Å². The maximum absolute atomic E-state index is 12.3. The molecule has 22 heavy (non-hydrogen) atoms. The minimum absolute atomic E-state index is 0.0959. The summed E-state index contributed by atoms with van der Waals surface area (Å²) in [7, 11) is 0. The molecule has 0 radical (unpaired) electrons. The molecule has 0 bridgehead atoms. The average molecular weight is 306 g/mol. The zero-order valence-electron chi connectivity index (χ0n) is 13.1. The van der Waals surface area contributed by atoms with E-state index in [0.717, 1.165) is 37.8 Å². The van der Waals surface area contributed by atoms with Crippen LogP contribution in [0.25, 0.3) is 0 Å². The van der Waals surface area contributed by atoms with Gasteiger partial charge in [0.2, 0.25) is 0 Å². The van der Waals surface area contributed by atoms with E-state index >= 15 is 0 Å². The van der Waals surface area contributed by atoms with E-state index in [2.05, 4.69) is 6.92 Å². The molecule has 120 valence electrons. The zero-order chi connectivity index (χ0) is 16.1. The highest BCUT2D eigenvalue weighted by Gasteiger charge is 2.26. The largest absolute Gasteiger partial charge is 0.477 e. The summed E-state index contributed by atoms with van der Waals surface area (Å²) < 4.78 is 5.43. The second-order valence-electron chi connectivity index (χ2n) is 5.66. The molecule has 6 heteroatoms. The number of carbonyl (C=O) groups is 1. The van der Waals surface area contributed by atoms with Gasteiger partial charge in [0.25, 0.3) is 5.91 Å². The molecule has 1 aliphatic heterocycles. The zero-order valence-corrected chi connectivity index (χ0v) is 13.1. The number of ether oxygens (including phenoxy) is 1. The Morgan fingerprint density at radius 2 is 2.23 bits per heavy atom. The number of hydrogen-bond acceptors (Lipinski definition) is 4. The van der Waals surface area contributed by atoms with Gasteiger partial charge in [-0.15, -0.1) is 0 Å². The molecule has 1 aromatic carbocycles. The van der Waals surface area contributed by atoms with Crippen LogP contribution in [0, 0.1) is 17.0 Å². The summed E-state index contributed by atoms with van der Waals surface area (Å²) >= 11 is 0. The number of amides is 1. The Kier molecular flexibility index (Phi) is 5.35. The Balaban J connectivity index is 2.03. The van der Waals surface area contributed by atoms with Crippen LogP contribution in [0.15, 0.2) is 18.2 Å². The maximum Gasteiger partial charge on any atom is 0.311 e. The fourth-order valence-corrected chi connectivity index (χ4v) is 2.87. The maximum atomic E-state index is 12.3.